The predicted octanol–water partition coefficient (Wildman–Crippen LogP) is 6.05. The van der Waals surface area contributed by atoms with Crippen LogP contribution >= 0.6 is 23.2 Å². The highest BCUT2D eigenvalue weighted by Crippen LogP contribution is 2.32. The molecular weight excluding hydrogens is 494 g/mol. The van der Waals surface area contributed by atoms with Gasteiger partial charge in [-0.15, -0.1) is 0 Å². The van der Waals surface area contributed by atoms with Crippen molar-refractivity contribution in [2.45, 2.75) is 39.2 Å². The number of aromatic amines is 1. The molecule has 1 fully saturated rings. The van der Waals surface area contributed by atoms with Crippen molar-refractivity contribution >= 4 is 46.2 Å². The zero-order chi connectivity index (χ0) is 25.3. The Bertz CT molecular complexity index is 1240. The summed E-state index contributed by atoms with van der Waals surface area (Å²) in [4.78, 5) is 34.2. The average Bonchev–Trinajstić information content (AvgIpc) is 3.21. The summed E-state index contributed by atoms with van der Waals surface area (Å²) in [5.41, 5.74) is 0.907. The molecule has 1 aromatic heterocycles. The van der Waals surface area contributed by atoms with Crippen LogP contribution in [0.25, 0.3) is 22.4 Å². The molecule has 0 atom stereocenters. The molecule has 0 radical (unpaired) electrons. The lowest BCUT2D eigenvalue weighted by Crippen LogP contribution is -2.43. The van der Waals surface area contributed by atoms with E-state index in [1.54, 1.807) is 17.0 Å². The number of piperidine rings is 1. The maximum absolute atomic E-state index is 14.3. The number of ether oxygens (including phenoxy) is 1. The molecule has 2 heterocycles. The van der Waals surface area contributed by atoms with Crippen LogP contribution in [0, 0.1) is 11.7 Å². The monoisotopic (exact) mass is 520 g/mol. The van der Waals surface area contributed by atoms with E-state index in [2.05, 4.69) is 15.3 Å². The van der Waals surface area contributed by atoms with Crippen LogP contribution in [0.4, 0.5) is 9.18 Å². The first-order valence-corrected chi connectivity index (χ1v) is 12.2. The molecule has 0 saturated carbocycles. The van der Waals surface area contributed by atoms with Crippen LogP contribution < -0.4 is 5.32 Å². The van der Waals surface area contributed by atoms with E-state index in [0.29, 0.717) is 36.2 Å². The number of H-pyrrole nitrogens is 1. The van der Waals surface area contributed by atoms with Gasteiger partial charge in [0.15, 0.2) is 0 Å². The lowest BCUT2D eigenvalue weighted by atomic mass is 9.97. The molecule has 3 aromatic rings. The average molecular weight is 521 g/mol. The standard InChI is InChI=1S/C25H27Cl2FN4O3/c1-25(2,3)35-24(34)32-9-7-14(8-10-32)13-29-23(33)15-11-17(27)21-19(12-15)30-22(31-21)20-16(26)5-4-6-18(20)28/h4-6,11-12,14H,7-10,13H2,1-3H3,(H,29,33)(H,30,31). The number of carbonyl (C=O) groups excluding carboxylic acids is 2. The number of hydrogen-bond acceptors (Lipinski definition) is 4. The second-order valence-electron chi connectivity index (χ2n) is 9.66. The molecule has 1 aliphatic rings. The Balaban J connectivity index is 1.40. The van der Waals surface area contributed by atoms with E-state index in [0.717, 1.165) is 12.8 Å². The topological polar surface area (TPSA) is 87.3 Å². The number of hydrogen-bond donors (Lipinski definition) is 2. The van der Waals surface area contributed by atoms with Crippen molar-refractivity contribution in [3.05, 3.63) is 51.8 Å². The van der Waals surface area contributed by atoms with Gasteiger partial charge < -0.3 is 19.9 Å². The van der Waals surface area contributed by atoms with E-state index >= 15 is 0 Å². The zero-order valence-corrected chi connectivity index (χ0v) is 21.3. The molecule has 35 heavy (non-hydrogen) atoms. The molecule has 2 amide bonds. The molecule has 4 rings (SSSR count). The number of benzene rings is 2. The Hall–Kier alpha value is -2.84. The van der Waals surface area contributed by atoms with Gasteiger partial charge in [-0.1, -0.05) is 29.3 Å². The van der Waals surface area contributed by atoms with Gasteiger partial charge in [-0.25, -0.2) is 14.2 Å². The number of aromatic nitrogens is 2. The van der Waals surface area contributed by atoms with Gasteiger partial charge in [0.1, 0.15) is 22.8 Å². The van der Waals surface area contributed by atoms with E-state index < -0.39 is 11.4 Å². The van der Waals surface area contributed by atoms with Crippen molar-refractivity contribution in [3.8, 4) is 11.4 Å². The second kappa shape index (κ2) is 10.0. The number of fused-ring (bicyclic) bond motifs is 1. The van der Waals surface area contributed by atoms with Gasteiger partial charge in [-0.3, -0.25) is 4.79 Å². The summed E-state index contributed by atoms with van der Waals surface area (Å²) in [6, 6.07) is 7.56. The third-order valence-corrected chi connectivity index (χ3v) is 6.42. The third-order valence-electron chi connectivity index (χ3n) is 5.82. The molecule has 0 spiro atoms. The molecule has 2 N–H and O–H groups in total. The lowest BCUT2D eigenvalue weighted by Gasteiger charge is -2.33. The highest BCUT2D eigenvalue weighted by molar-refractivity contribution is 6.35. The molecule has 0 unspecified atom stereocenters. The maximum Gasteiger partial charge on any atom is 0.410 e. The Morgan fingerprint density at radius 2 is 1.91 bits per heavy atom. The first-order valence-electron chi connectivity index (χ1n) is 11.4. The SMILES string of the molecule is CC(C)(C)OC(=O)N1CCC(CNC(=O)c2cc(Cl)c3nc(-c4c(F)cccc4Cl)[nH]c3c2)CC1. The minimum atomic E-state index is -0.527. The van der Waals surface area contributed by atoms with Crippen LogP contribution in [-0.4, -0.2) is 52.1 Å². The van der Waals surface area contributed by atoms with Crippen LogP contribution in [0.15, 0.2) is 30.3 Å². The van der Waals surface area contributed by atoms with E-state index in [9.17, 15) is 14.0 Å². The largest absolute Gasteiger partial charge is 0.444 e. The van der Waals surface area contributed by atoms with Crippen LogP contribution in [0.1, 0.15) is 44.0 Å². The molecular formula is C25H27Cl2FN4O3. The van der Waals surface area contributed by atoms with Gasteiger partial charge in [0.2, 0.25) is 0 Å². The molecule has 7 nitrogen and oxygen atoms in total. The smallest absolute Gasteiger partial charge is 0.410 e. The molecule has 1 saturated heterocycles. The summed E-state index contributed by atoms with van der Waals surface area (Å²) >= 11 is 12.5. The van der Waals surface area contributed by atoms with Gasteiger partial charge in [-0.2, -0.15) is 0 Å². The van der Waals surface area contributed by atoms with E-state index in [1.165, 1.54) is 18.2 Å². The number of rotatable bonds is 4. The Morgan fingerprint density at radius 1 is 1.20 bits per heavy atom. The number of imidazole rings is 1. The number of nitrogens with one attached hydrogen (secondary N) is 2. The number of amides is 2. The highest BCUT2D eigenvalue weighted by atomic mass is 35.5. The highest BCUT2D eigenvalue weighted by Gasteiger charge is 2.27. The van der Waals surface area contributed by atoms with Crippen molar-refractivity contribution in [1.82, 2.24) is 20.2 Å². The number of likely N-dealkylation sites (tertiary alicyclic amines) is 1. The van der Waals surface area contributed by atoms with Crippen LogP contribution in [0.5, 0.6) is 0 Å². The first kappa shape index (κ1) is 25.3. The fourth-order valence-corrected chi connectivity index (χ4v) is 4.55. The van der Waals surface area contributed by atoms with Gasteiger partial charge in [-0.05, 0) is 63.8 Å². The summed E-state index contributed by atoms with van der Waals surface area (Å²) in [5.74, 6) is -0.301. The van der Waals surface area contributed by atoms with E-state index in [1.807, 2.05) is 20.8 Å². The molecule has 2 aromatic carbocycles. The van der Waals surface area contributed by atoms with Crippen molar-refractivity contribution in [3.63, 3.8) is 0 Å². The number of nitrogens with zero attached hydrogens (tertiary/aromatic N) is 2. The van der Waals surface area contributed by atoms with E-state index in [-0.39, 0.29) is 39.4 Å². The molecule has 186 valence electrons. The molecule has 1 aliphatic heterocycles. The fourth-order valence-electron chi connectivity index (χ4n) is 4.03. The second-order valence-corrected chi connectivity index (χ2v) is 10.5. The van der Waals surface area contributed by atoms with Gasteiger partial charge >= 0.3 is 6.09 Å². The Morgan fingerprint density at radius 3 is 2.57 bits per heavy atom. The van der Waals surface area contributed by atoms with Crippen molar-refractivity contribution in [2.75, 3.05) is 19.6 Å². The van der Waals surface area contributed by atoms with Crippen LogP contribution in [0.3, 0.4) is 0 Å². The van der Waals surface area contributed by atoms with Crippen LogP contribution in [-0.2, 0) is 4.74 Å². The van der Waals surface area contributed by atoms with Crippen molar-refractivity contribution < 1.29 is 18.7 Å². The quantitative estimate of drug-likeness (QED) is 0.438. The first-order chi connectivity index (χ1) is 16.5. The summed E-state index contributed by atoms with van der Waals surface area (Å²) in [6.07, 6.45) is 1.23. The van der Waals surface area contributed by atoms with Crippen LogP contribution in [0.2, 0.25) is 10.0 Å². The fraction of sp³-hybridized carbons (Fsp3) is 0.400. The minimum Gasteiger partial charge on any atom is -0.444 e. The zero-order valence-electron chi connectivity index (χ0n) is 19.8. The normalized spacial score (nSPS) is 14.9. The maximum atomic E-state index is 14.3. The van der Waals surface area contributed by atoms with E-state index in [4.69, 9.17) is 27.9 Å². The Labute approximate surface area is 212 Å². The molecule has 10 heteroatoms. The third kappa shape index (κ3) is 5.87. The van der Waals surface area contributed by atoms with Gasteiger partial charge in [0.05, 0.1) is 21.1 Å². The van der Waals surface area contributed by atoms with Gasteiger partial charge in [0.25, 0.3) is 5.91 Å². The molecule has 0 bridgehead atoms. The van der Waals surface area contributed by atoms with Crippen molar-refractivity contribution in [2.24, 2.45) is 5.92 Å². The summed E-state index contributed by atoms with van der Waals surface area (Å²) < 4.78 is 19.7. The molecule has 0 aliphatic carbocycles. The van der Waals surface area contributed by atoms with Crippen molar-refractivity contribution in [1.29, 1.82) is 0 Å². The number of halogens is 3. The minimum absolute atomic E-state index is 0.144. The summed E-state index contributed by atoms with van der Waals surface area (Å²) in [6.45, 7) is 7.18. The number of carbonyl (C=O) groups is 2. The van der Waals surface area contributed by atoms with Gasteiger partial charge in [0, 0.05) is 25.2 Å². The summed E-state index contributed by atoms with van der Waals surface area (Å²) in [5, 5.41) is 3.44. The summed E-state index contributed by atoms with van der Waals surface area (Å²) in [7, 11) is 0. The predicted molar refractivity (Wildman–Crippen MR) is 134 cm³/mol. The Kier molecular flexibility index (Phi) is 7.24. The lowest BCUT2D eigenvalue weighted by molar-refractivity contribution is 0.0183.